The van der Waals surface area contributed by atoms with E-state index in [1.807, 2.05) is 11.7 Å². The largest absolute Gasteiger partial charge is 0.330 e. The van der Waals surface area contributed by atoms with Gasteiger partial charge in [-0.1, -0.05) is 24.3 Å². The Morgan fingerprint density at radius 2 is 2.00 bits per heavy atom. The Morgan fingerprint density at radius 3 is 2.71 bits per heavy atom. The summed E-state index contributed by atoms with van der Waals surface area (Å²) in [6.45, 7) is 2.46. The van der Waals surface area contributed by atoms with E-state index in [1.165, 1.54) is 16.0 Å². The third-order valence-electron chi connectivity index (χ3n) is 2.63. The van der Waals surface area contributed by atoms with Gasteiger partial charge in [-0.15, -0.1) is 11.3 Å². The fourth-order valence-corrected chi connectivity index (χ4v) is 2.34. The topological polar surface area (TPSA) is 50.9 Å². The van der Waals surface area contributed by atoms with Crippen LogP contribution in [-0.2, 0) is 19.5 Å². The Bertz CT molecular complexity index is 440. The predicted molar refractivity (Wildman–Crippen MR) is 71.9 cm³/mol. The van der Waals surface area contributed by atoms with Crippen LogP contribution in [-0.4, -0.2) is 11.5 Å². The zero-order valence-corrected chi connectivity index (χ0v) is 10.5. The number of nitrogens with two attached hydrogens (primary N) is 1. The van der Waals surface area contributed by atoms with Gasteiger partial charge in [-0.2, -0.15) is 0 Å². The number of nitrogens with zero attached hydrogens (tertiary/aromatic N) is 1. The highest BCUT2D eigenvalue weighted by Crippen LogP contribution is 2.10. The van der Waals surface area contributed by atoms with E-state index in [1.54, 1.807) is 11.3 Å². The van der Waals surface area contributed by atoms with Crippen LogP contribution in [0.4, 0.5) is 0 Å². The summed E-state index contributed by atoms with van der Waals surface area (Å²) >= 11 is 1.68. The molecule has 1 heterocycles. The maximum absolute atomic E-state index is 5.61. The van der Waals surface area contributed by atoms with Crippen molar-refractivity contribution in [2.75, 3.05) is 6.54 Å². The van der Waals surface area contributed by atoms with Gasteiger partial charge in [0.1, 0.15) is 0 Å². The first-order valence-corrected chi connectivity index (χ1v) is 6.63. The number of rotatable bonds is 6. The normalized spacial score (nSPS) is 10.6. The number of hydrogen-bond acceptors (Lipinski definition) is 4. The van der Waals surface area contributed by atoms with E-state index in [0.29, 0.717) is 6.54 Å². The second kappa shape index (κ2) is 6.49. The molecule has 0 saturated carbocycles. The Morgan fingerprint density at radius 1 is 1.18 bits per heavy atom. The van der Waals surface area contributed by atoms with Crippen molar-refractivity contribution in [2.45, 2.75) is 19.5 Å². The van der Waals surface area contributed by atoms with Gasteiger partial charge in [-0.3, -0.25) is 4.98 Å². The van der Waals surface area contributed by atoms with Gasteiger partial charge in [-0.25, -0.2) is 0 Å². The van der Waals surface area contributed by atoms with E-state index < -0.39 is 0 Å². The molecular weight excluding hydrogens is 230 g/mol. The van der Waals surface area contributed by atoms with Gasteiger partial charge in [0, 0.05) is 24.2 Å². The van der Waals surface area contributed by atoms with Crippen LogP contribution in [0.15, 0.2) is 36.0 Å². The fraction of sp³-hybridized carbons (Fsp3) is 0.308. The molecule has 0 fully saturated rings. The zero-order chi connectivity index (χ0) is 11.9. The monoisotopic (exact) mass is 247 g/mol. The van der Waals surface area contributed by atoms with Crippen LogP contribution >= 0.6 is 11.3 Å². The van der Waals surface area contributed by atoms with Crippen LogP contribution in [0.5, 0.6) is 0 Å². The molecule has 0 radical (unpaired) electrons. The summed E-state index contributed by atoms with van der Waals surface area (Å²) in [4.78, 5) is 5.32. The van der Waals surface area contributed by atoms with Crippen molar-refractivity contribution in [3.63, 3.8) is 0 Å². The van der Waals surface area contributed by atoms with Crippen molar-refractivity contribution in [3.05, 3.63) is 52.0 Å². The smallest absolute Gasteiger partial charge is 0.0794 e. The average Bonchev–Trinajstić information content (AvgIpc) is 2.85. The number of nitrogens with one attached hydrogen (secondary N) is 1. The van der Waals surface area contributed by atoms with Crippen molar-refractivity contribution in [1.82, 2.24) is 10.3 Å². The van der Waals surface area contributed by atoms with Gasteiger partial charge in [-0.05, 0) is 24.1 Å². The summed E-state index contributed by atoms with van der Waals surface area (Å²) in [5.41, 5.74) is 10.1. The number of hydrogen-bond donors (Lipinski definition) is 2. The van der Waals surface area contributed by atoms with Crippen molar-refractivity contribution in [1.29, 1.82) is 0 Å². The van der Waals surface area contributed by atoms with Gasteiger partial charge in [0.15, 0.2) is 0 Å². The van der Waals surface area contributed by atoms with E-state index in [4.69, 9.17) is 5.73 Å². The quantitative estimate of drug-likeness (QED) is 0.820. The first kappa shape index (κ1) is 12.2. The lowest BCUT2D eigenvalue weighted by atomic mass is 10.0. The van der Waals surface area contributed by atoms with Crippen LogP contribution < -0.4 is 11.1 Å². The third kappa shape index (κ3) is 3.63. The molecule has 0 aliphatic rings. The summed E-state index contributed by atoms with van der Waals surface area (Å²) in [5.74, 6) is 0. The first-order valence-electron chi connectivity index (χ1n) is 5.75. The Kier molecular flexibility index (Phi) is 4.67. The lowest BCUT2D eigenvalue weighted by Crippen LogP contribution is -2.14. The second-order valence-corrected chi connectivity index (χ2v) is 4.85. The molecule has 0 aliphatic heterocycles. The van der Waals surface area contributed by atoms with E-state index in [2.05, 4.69) is 34.6 Å². The molecule has 0 saturated heterocycles. The highest BCUT2D eigenvalue weighted by atomic mass is 32.1. The molecule has 0 amide bonds. The summed E-state index contributed by atoms with van der Waals surface area (Å²) < 4.78 is 0. The van der Waals surface area contributed by atoms with Gasteiger partial charge in [0.05, 0.1) is 5.51 Å². The third-order valence-corrected chi connectivity index (χ3v) is 3.41. The molecule has 0 atom stereocenters. The van der Waals surface area contributed by atoms with Gasteiger partial charge in [0.2, 0.25) is 0 Å². The fourth-order valence-electron chi connectivity index (χ4n) is 1.78. The summed E-state index contributed by atoms with van der Waals surface area (Å²) in [5, 5.41) is 3.43. The highest BCUT2D eigenvalue weighted by molar-refractivity contribution is 7.09. The molecule has 1 aromatic carbocycles. The highest BCUT2D eigenvalue weighted by Gasteiger charge is 2.01. The van der Waals surface area contributed by atoms with Crippen LogP contribution in [0.2, 0.25) is 0 Å². The molecule has 0 spiro atoms. The minimum Gasteiger partial charge on any atom is -0.330 e. The standard InChI is InChI=1S/C13H17N3S/c14-6-5-11-3-1-2-4-12(11)7-15-8-13-9-16-10-17-13/h1-4,9-10,15H,5-8,14H2. The van der Waals surface area contributed by atoms with Crippen molar-refractivity contribution < 1.29 is 0 Å². The Hall–Kier alpha value is -1.23. The summed E-state index contributed by atoms with van der Waals surface area (Å²) in [6.07, 6.45) is 2.85. The van der Waals surface area contributed by atoms with Crippen LogP contribution in [0.25, 0.3) is 0 Å². The summed E-state index contributed by atoms with van der Waals surface area (Å²) in [6, 6.07) is 8.45. The number of thiazole rings is 1. The molecule has 1 aromatic heterocycles. The SMILES string of the molecule is NCCc1ccccc1CNCc1cncs1. The molecule has 0 aliphatic carbocycles. The van der Waals surface area contributed by atoms with Gasteiger partial charge >= 0.3 is 0 Å². The van der Waals surface area contributed by atoms with Crippen LogP contribution in [0, 0.1) is 0 Å². The molecule has 17 heavy (non-hydrogen) atoms. The van der Waals surface area contributed by atoms with Gasteiger partial charge < -0.3 is 11.1 Å². The first-order chi connectivity index (χ1) is 8.40. The molecule has 0 bridgehead atoms. The molecule has 2 aromatic rings. The average molecular weight is 247 g/mol. The molecule has 0 unspecified atom stereocenters. The predicted octanol–water partition coefficient (Wildman–Crippen LogP) is 1.93. The minimum absolute atomic E-state index is 0.700. The summed E-state index contributed by atoms with van der Waals surface area (Å²) in [7, 11) is 0. The van der Waals surface area contributed by atoms with Crippen molar-refractivity contribution >= 4 is 11.3 Å². The molecule has 3 N–H and O–H groups in total. The zero-order valence-electron chi connectivity index (χ0n) is 9.73. The van der Waals surface area contributed by atoms with E-state index in [9.17, 15) is 0 Å². The molecule has 2 rings (SSSR count). The van der Waals surface area contributed by atoms with E-state index in [0.717, 1.165) is 19.5 Å². The van der Waals surface area contributed by atoms with Crippen molar-refractivity contribution in [3.8, 4) is 0 Å². The molecule has 3 nitrogen and oxygen atoms in total. The van der Waals surface area contributed by atoms with Crippen LogP contribution in [0.1, 0.15) is 16.0 Å². The minimum atomic E-state index is 0.700. The van der Waals surface area contributed by atoms with Crippen molar-refractivity contribution in [2.24, 2.45) is 5.73 Å². The van der Waals surface area contributed by atoms with Crippen LogP contribution in [0.3, 0.4) is 0 Å². The van der Waals surface area contributed by atoms with E-state index >= 15 is 0 Å². The number of benzene rings is 1. The Labute approximate surface area is 106 Å². The van der Waals surface area contributed by atoms with E-state index in [-0.39, 0.29) is 0 Å². The molecule has 90 valence electrons. The molecule has 4 heteroatoms. The maximum Gasteiger partial charge on any atom is 0.0794 e. The molecular formula is C13H17N3S. The Balaban J connectivity index is 1.89. The maximum atomic E-state index is 5.61. The van der Waals surface area contributed by atoms with Gasteiger partial charge in [0.25, 0.3) is 0 Å². The lowest BCUT2D eigenvalue weighted by molar-refractivity contribution is 0.693. The lowest BCUT2D eigenvalue weighted by Gasteiger charge is -2.09. The second-order valence-electron chi connectivity index (χ2n) is 3.88. The number of aromatic nitrogens is 1.